The van der Waals surface area contributed by atoms with Gasteiger partial charge < -0.3 is 15.8 Å². The van der Waals surface area contributed by atoms with Crippen LogP contribution in [0.2, 0.25) is 0 Å². The number of nitrogen functional groups attached to an aromatic ring is 1. The molecule has 0 saturated carbocycles. The highest BCUT2D eigenvalue weighted by Crippen LogP contribution is 2.08. The van der Waals surface area contributed by atoms with Gasteiger partial charge in [-0.3, -0.25) is 23.5 Å². The quantitative estimate of drug-likeness (QED) is 0.435. The van der Waals surface area contributed by atoms with Crippen LogP contribution in [0.5, 0.6) is 0 Å². The molecule has 0 unspecified atom stereocenters. The van der Waals surface area contributed by atoms with Gasteiger partial charge in [-0.05, 0) is 11.5 Å². The molecule has 0 radical (unpaired) electrons. The molecule has 0 bridgehead atoms. The van der Waals surface area contributed by atoms with Crippen LogP contribution in [0.25, 0.3) is 0 Å². The molecule has 0 aliphatic rings. The van der Waals surface area contributed by atoms with Gasteiger partial charge in [0.2, 0.25) is 11.7 Å². The van der Waals surface area contributed by atoms with Crippen molar-refractivity contribution in [2.75, 3.05) is 12.3 Å². The van der Waals surface area contributed by atoms with Crippen molar-refractivity contribution in [3.63, 3.8) is 0 Å². The zero-order chi connectivity index (χ0) is 23.3. The fourth-order valence-corrected chi connectivity index (χ4v) is 2.92. The van der Waals surface area contributed by atoms with Crippen LogP contribution in [-0.4, -0.2) is 39.4 Å². The van der Waals surface area contributed by atoms with Gasteiger partial charge in [-0.25, -0.2) is 9.59 Å². The number of Topliss-reactive ketones (excluding diaryl/α,β-unsaturated/α-hetero) is 1. The molecule has 10 heteroatoms. The van der Waals surface area contributed by atoms with Gasteiger partial charge in [0.25, 0.3) is 5.56 Å². The van der Waals surface area contributed by atoms with Crippen LogP contribution in [0.15, 0.2) is 39.9 Å². The lowest BCUT2D eigenvalue weighted by Crippen LogP contribution is -2.46. The number of amides is 1. The Balaban J connectivity index is 2.09. The highest BCUT2D eigenvalue weighted by Gasteiger charge is 2.28. The molecule has 1 aromatic heterocycles. The van der Waals surface area contributed by atoms with E-state index in [0.29, 0.717) is 0 Å². The fourth-order valence-electron chi connectivity index (χ4n) is 2.92. The number of carbonyl (C=O) groups is 3. The van der Waals surface area contributed by atoms with Crippen LogP contribution in [0.3, 0.4) is 0 Å². The van der Waals surface area contributed by atoms with E-state index in [2.05, 4.69) is 5.32 Å². The summed E-state index contributed by atoms with van der Waals surface area (Å²) in [5.74, 6) is -2.65. The average Bonchev–Trinajstić information content (AvgIpc) is 2.73. The van der Waals surface area contributed by atoms with Gasteiger partial charge in [0, 0.05) is 14.1 Å². The standard InChI is InChI=1S/C21H26N4O6/c1-12(2)17(23-15(27)10-13-8-6-5-7-9-13)20(29)31-11-14(26)16-18(22)24(3)21(30)25(4)19(16)28/h5-9,12,17H,10-11,22H2,1-4H3,(H,23,27)/t17-/m0/s1. The minimum Gasteiger partial charge on any atom is -0.456 e. The Bertz CT molecular complexity index is 1100. The van der Waals surface area contributed by atoms with Crippen molar-refractivity contribution in [3.05, 3.63) is 62.3 Å². The van der Waals surface area contributed by atoms with Crippen LogP contribution < -0.4 is 22.3 Å². The molecule has 10 nitrogen and oxygen atoms in total. The number of benzene rings is 1. The van der Waals surface area contributed by atoms with Crippen molar-refractivity contribution < 1.29 is 19.1 Å². The summed E-state index contributed by atoms with van der Waals surface area (Å²) in [7, 11) is 2.53. The smallest absolute Gasteiger partial charge is 0.332 e. The maximum Gasteiger partial charge on any atom is 0.332 e. The summed E-state index contributed by atoms with van der Waals surface area (Å²) in [6.45, 7) is 2.68. The molecule has 0 aliphatic heterocycles. The number of hydrogen-bond donors (Lipinski definition) is 2. The van der Waals surface area contributed by atoms with E-state index in [1.54, 1.807) is 38.1 Å². The Hall–Kier alpha value is -3.69. The summed E-state index contributed by atoms with van der Waals surface area (Å²) in [5, 5.41) is 2.62. The van der Waals surface area contributed by atoms with E-state index in [9.17, 15) is 24.0 Å². The lowest BCUT2D eigenvalue weighted by Gasteiger charge is -2.21. The first-order valence-electron chi connectivity index (χ1n) is 9.63. The summed E-state index contributed by atoms with van der Waals surface area (Å²) in [6.07, 6.45) is 0.0842. The minimum absolute atomic E-state index is 0.0842. The van der Waals surface area contributed by atoms with Gasteiger partial charge in [-0.2, -0.15) is 0 Å². The van der Waals surface area contributed by atoms with Crippen LogP contribution in [-0.2, 0) is 34.8 Å². The maximum absolute atomic E-state index is 12.5. The summed E-state index contributed by atoms with van der Waals surface area (Å²) < 4.78 is 6.76. The van der Waals surface area contributed by atoms with Gasteiger partial charge >= 0.3 is 11.7 Å². The second-order valence-corrected chi connectivity index (χ2v) is 7.45. The predicted molar refractivity (Wildman–Crippen MR) is 114 cm³/mol. The maximum atomic E-state index is 12.5. The van der Waals surface area contributed by atoms with Crippen LogP contribution in [0.1, 0.15) is 29.8 Å². The third-order valence-corrected chi connectivity index (χ3v) is 4.78. The van der Waals surface area contributed by atoms with Crippen molar-refractivity contribution in [2.24, 2.45) is 20.0 Å². The number of ketones is 1. The number of rotatable bonds is 8. The number of esters is 1. The monoisotopic (exact) mass is 430 g/mol. The molecule has 0 fully saturated rings. The third kappa shape index (κ3) is 5.47. The van der Waals surface area contributed by atoms with E-state index in [4.69, 9.17) is 10.5 Å². The predicted octanol–water partition coefficient (Wildman–Crippen LogP) is -0.224. The molecule has 0 aliphatic carbocycles. The Morgan fingerprint density at radius 2 is 1.68 bits per heavy atom. The molecule has 0 spiro atoms. The van der Waals surface area contributed by atoms with E-state index < -0.39 is 41.2 Å². The number of hydrogen-bond acceptors (Lipinski definition) is 7. The highest BCUT2D eigenvalue weighted by molar-refractivity contribution is 6.01. The van der Waals surface area contributed by atoms with Gasteiger partial charge in [0.1, 0.15) is 17.4 Å². The summed E-state index contributed by atoms with van der Waals surface area (Å²) >= 11 is 0. The molecule has 1 atom stereocenters. The van der Waals surface area contributed by atoms with E-state index in [0.717, 1.165) is 14.7 Å². The zero-order valence-corrected chi connectivity index (χ0v) is 17.9. The second-order valence-electron chi connectivity index (χ2n) is 7.45. The number of nitrogens with one attached hydrogen (secondary N) is 1. The Morgan fingerprint density at radius 1 is 1.06 bits per heavy atom. The van der Waals surface area contributed by atoms with Crippen molar-refractivity contribution in [2.45, 2.75) is 26.3 Å². The normalized spacial score (nSPS) is 11.8. The molecular formula is C21H26N4O6. The Morgan fingerprint density at radius 3 is 2.26 bits per heavy atom. The molecule has 1 heterocycles. The van der Waals surface area contributed by atoms with Crippen molar-refractivity contribution in [1.29, 1.82) is 0 Å². The third-order valence-electron chi connectivity index (χ3n) is 4.78. The minimum atomic E-state index is -0.982. The van der Waals surface area contributed by atoms with Gasteiger partial charge in [0.15, 0.2) is 6.61 Å². The van der Waals surface area contributed by atoms with Gasteiger partial charge in [-0.1, -0.05) is 44.2 Å². The summed E-state index contributed by atoms with van der Waals surface area (Å²) in [4.78, 5) is 61.4. The first-order valence-corrected chi connectivity index (χ1v) is 9.63. The molecule has 3 N–H and O–H groups in total. The lowest BCUT2D eigenvalue weighted by atomic mass is 10.0. The Labute approximate surface area is 178 Å². The van der Waals surface area contributed by atoms with Gasteiger partial charge in [-0.15, -0.1) is 0 Å². The van der Waals surface area contributed by atoms with Crippen LogP contribution in [0.4, 0.5) is 5.82 Å². The Kier molecular flexibility index (Phi) is 7.51. The van der Waals surface area contributed by atoms with Gasteiger partial charge in [0.05, 0.1) is 6.42 Å². The van der Waals surface area contributed by atoms with Crippen LogP contribution >= 0.6 is 0 Å². The second kappa shape index (κ2) is 9.88. The number of ether oxygens (including phenoxy) is 1. The molecule has 0 saturated heterocycles. The zero-order valence-electron chi connectivity index (χ0n) is 17.9. The molecular weight excluding hydrogens is 404 g/mol. The topological polar surface area (TPSA) is 142 Å². The molecule has 166 valence electrons. The number of nitrogens with two attached hydrogens (primary N) is 1. The van der Waals surface area contributed by atoms with Crippen molar-refractivity contribution in [1.82, 2.24) is 14.5 Å². The number of nitrogens with zero attached hydrogens (tertiary/aromatic N) is 2. The first kappa shape index (κ1) is 23.6. The summed E-state index contributed by atoms with van der Waals surface area (Å²) in [6, 6.07) is 8.04. The van der Waals surface area contributed by atoms with Crippen LogP contribution in [0, 0.1) is 5.92 Å². The van der Waals surface area contributed by atoms with E-state index in [1.807, 2.05) is 6.07 Å². The molecule has 31 heavy (non-hydrogen) atoms. The summed E-state index contributed by atoms with van der Waals surface area (Å²) in [5.41, 5.74) is 4.53. The SMILES string of the molecule is CC(C)[C@H](NC(=O)Cc1ccccc1)C(=O)OCC(=O)c1c(N)n(C)c(=O)n(C)c1=O. The first-order chi connectivity index (χ1) is 14.5. The van der Waals surface area contributed by atoms with E-state index in [1.165, 1.54) is 14.1 Å². The molecule has 1 amide bonds. The van der Waals surface area contributed by atoms with E-state index >= 15 is 0 Å². The highest BCUT2D eigenvalue weighted by atomic mass is 16.5. The fraction of sp³-hybridized carbons (Fsp3) is 0.381. The largest absolute Gasteiger partial charge is 0.456 e. The lowest BCUT2D eigenvalue weighted by molar-refractivity contribution is -0.148. The van der Waals surface area contributed by atoms with Crippen molar-refractivity contribution in [3.8, 4) is 0 Å². The molecule has 2 rings (SSSR count). The molecule has 2 aromatic rings. The number of carbonyl (C=O) groups excluding carboxylic acids is 3. The molecule has 1 aromatic carbocycles. The van der Waals surface area contributed by atoms with E-state index in [-0.39, 0.29) is 24.1 Å². The number of anilines is 1. The van der Waals surface area contributed by atoms with Crippen molar-refractivity contribution >= 4 is 23.5 Å². The average molecular weight is 430 g/mol. The number of aromatic nitrogens is 2.